The SMILES string of the molecule is COc1ccc(C2=NN3[C@@H](c4cccc(Cl)c4)Oc4c(Cl)cc(Cl)cc4[C@@H]3C2)cc1. The maximum atomic E-state index is 6.50. The standard InChI is InChI=1S/C23H17Cl3N2O2/c1-29-17-7-5-13(6-8-17)20-12-21-18-10-16(25)11-19(26)22(18)30-23(28(21)27-20)14-3-2-4-15(24)9-14/h2-11,21,23H,12H2,1H3/t21-,23+/m0/s1. The number of hydrogen-bond acceptors (Lipinski definition) is 4. The zero-order valence-electron chi connectivity index (χ0n) is 16.0. The Labute approximate surface area is 189 Å². The number of methoxy groups -OCH3 is 1. The molecule has 3 aromatic carbocycles. The summed E-state index contributed by atoms with van der Waals surface area (Å²) >= 11 is 19.1. The number of benzene rings is 3. The van der Waals surface area contributed by atoms with Crippen LogP contribution in [0.15, 0.2) is 65.8 Å². The molecular formula is C23H17Cl3N2O2. The van der Waals surface area contributed by atoms with Crippen LogP contribution in [0.4, 0.5) is 0 Å². The molecule has 0 saturated heterocycles. The van der Waals surface area contributed by atoms with Crippen LogP contribution in [0, 0.1) is 0 Å². The normalized spacial score (nSPS) is 19.6. The molecule has 4 nitrogen and oxygen atoms in total. The second kappa shape index (κ2) is 7.69. The van der Waals surface area contributed by atoms with E-state index in [1.807, 2.05) is 59.6 Å². The van der Waals surface area contributed by atoms with E-state index in [0.717, 1.165) is 28.2 Å². The fraction of sp³-hybridized carbons (Fsp3) is 0.174. The predicted octanol–water partition coefficient (Wildman–Crippen LogP) is 6.90. The summed E-state index contributed by atoms with van der Waals surface area (Å²) in [6, 6.07) is 19.0. The molecule has 3 aromatic rings. The Bertz CT molecular complexity index is 1150. The predicted molar refractivity (Wildman–Crippen MR) is 120 cm³/mol. The summed E-state index contributed by atoms with van der Waals surface area (Å²) in [4.78, 5) is 0. The zero-order valence-corrected chi connectivity index (χ0v) is 18.2. The van der Waals surface area contributed by atoms with E-state index >= 15 is 0 Å². The number of fused-ring (bicyclic) bond motifs is 3. The van der Waals surface area contributed by atoms with Crippen molar-refractivity contribution < 1.29 is 9.47 Å². The molecule has 2 atom stereocenters. The number of rotatable bonds is 3. The molecule has 152 valence electrons. The van der Waals surface area contributed by atoms with Crippen LogP contribution in [0.2, 0.25) is 15.1 Å². The number of nitrogens with zero attached hydrogens (tertiary/aromatic N) is 2. The van der Waals surface area contributed by atoms with Crippen LogP contribution < -0.4 is 9.47 Å². The van der Waals surface area contributed by atoms with E-state index in [-0.39, 0.29) is 6.04 Å². The highest BCUT2D eigenvalue weighted by Gasteiger charge is 2.42. The highest BCUT2D eigenvalue weighted by atomic mass is 35.5. The van der Waals surface area contributed by atoms with Crippen molar-refractivity contribution in [3.63, 3.8) is 0 Å². The van der Waals surface area contributed by atoms with Gasteiger partial charge in [-0.15, -0.1) is 0 Å². The molecule has 0 aromatic heterocycles. The smallest absolute Gasteiger partial charge is 0.214 e. The van der Waals surface area contributed by atoms with Gasteiger partial charge in [-0.25, -0.2) is 5.01 Å². The fourth-order valence-corrected chi connectivity index (χ4v) is 4.71. The Morgan fingerprint density at radius 3 is 2.53 bits per heavy atom. The Morgan fingerprint density at radius 1 is 1.00 bits per heavy atom. The Balaban J connectivity index is 1.61. The van der Waals surface area contributed by atoms with E-state index in [1.165, 1.54) is 0 Å². The van der Waals surface area contributed by atoms with Gasteiger partial charge < -0.3 is 9.47 Å². The van der Waals surface area contributed by atoms with Gasteiger partial charge in [0.05, 0.1) is 23.9 Å². The summed E-state index contributed by atoms with van der Waals surface area (Å²) in [6.07, 6.45) is 0.256. The Kier molecular flexibility index (Phi) is 5.02. The molecule has 2 heterocycles. The van der Waals surface area contributed by atoms with Crippen molar-refractivity contribution in [2.75, 3.05) is 7.11 Å². The molecule has 0 amide bonds. The molecule has 30 heavy (non-hydrogen) atoms. The van der Waals surface area contributed by atoms with Crippen molar-refractivity contribution in [1.29, 1.82) is 0 Å². The highest BCUT2D eigenvalue weighted by Crippen LogP contribution is 2.50. The number of halogens is 3. The molecule has 0 radical (unpaired) electrons. The van der Waals surface area contributed by atoms with Crippen LogP contribution in [0.5, 0.6) is 11.5 Å². The van der Waals surface area contributed by atoms with Crippen LogP contribution in [0.1, 0.15) is 35.4 Å². The summed E-state index contributed by atoms with van der Waals surface area (Å²) < 4.78 is 11.6. The fourth-order valence-electron chi connectivity index (χ4n) is 3.95. The van der Waals surface area contributed by atoms with E-state index in [1.54, 1.807) is 13.2 Å². The van der Waals surface area contributed by atoms with Crippen LogP contribution in [0.3, 0.4) is 0 Å². The van der Waals surface area contributed by atoms with E-state index in [9.17, 15) is 0 Å². The first-order chi connectivity index (χ1) is 14.5. The molecular weight excluding hydrogens is 443 g/mol. The minimum absolute atomic E-state index is 0.0500. The second-order valence-electron chi connectivity index (χ2n) is 7.21. The first-order valence-electron chi connectivity index (χ1n) is 9.45. The van der Waals surface area contributed by atoms with E-state index in [4.69, 9.17) is 49.4 Å². The van der Waals surface area contributed by atoms with Crippen molar-refractivity contribution in [3.8, 4) is 11.5 Å². The van der Waals surface area contributed by atoms with E-state index in [0.29, 0.717) is 27.2 Å². The third-order valence-corrected chi connectivity index (χ3v) is 6.10. The summed E-state index contributed by atoms with van der Waals surface area (Å²) in [5.41, 5.74) is 3.83. The lowest BCUT2D eigenvalue weighted by Crippen LogP contribution is -2.33. The molecule has 5 rings (SSSR count). The quantitative estimate of drug-likeness (QED) is 0.427. The van der Waals surface area contributed by atoms with Gasteiger partial charge in [0.1, 0.15) is 11.5 Å². The van der Waals surface area contributed by atoms with Crippen LogP contribution in [-0.4, -0.2) is 17.8 Å². The minimum atomic E-state index is -0.448. The van der Waals surface area contributed by atoms with Gasteiger partial charge in [-0.3, -0.25) is 0 Å². The molecule has 0 fully saturated rings. The lowest BCUT2D eigenvalue weighted by molar-refractivity contribution is -0.0189. The second-order valence-corrected chi connectivity index (χ2v) is 8.49. The van der Waals surface area contributed by atoms with Crippen molar-refractivity contribution in [2.45, 2.75) is 18.7 Å². The third-order valence-electron chi connectivity index (χ3n) is 5.37. The Morgan fingerprint density at radius 2 is 1.80 bits per heavy atom. The first-order valence-corrected chi connectivity index (χ1v) is 10.6. The molecule has 2 aliphatic heterocycles. The minimum Gasteiger partial charge on any atom is -0.497 e. The third kappa shape index (κ3) is 3.39. The Hall–Kier alpha value is -2.40. The largest absolute Gasteiger partial charge is 0.497 e. The average molecular weight is 460 g/mol. The monoisotopic (exact) mass is 458 g/mol. The van der Waals surface area contributed by atoms with Gasteiger partial charge in [-0.05, 0) is 54.1 Å². The number of ether oxygens (including phenoxy) is 2. The molecule has 0 saturated carbocycles. The van der Waals surface area contributed by atoms with Crippen molar-refractivity contribution >= 4 is 40.5 Å². The summed E-state index contributed by atoms with van der Waals surface area (Å²) in [7, 11) is 1.65. The number of hydrogen-bond donors (Lipinski definition) is 0. The maximum Gasteiger partial charge on any atom is 0.214 e. The van der Waals surface area contributed by atoms with Crippen LogP contribution in [-0.2, 0) is 0 Å². The topological polar surface area (TPSA) is 34.1 Å². The van der Waals surface area contributed by atoms with Gasteiger partial charge in [0.25, 0.3) is 0 Å². The van der Waals surface area contributed by atoms with Gasteiger partial charge in [0.15, 0.2) is 0 Å². The van der Waals surface area contributed by atoms with Crippen molar-refractivity contribution in [3.05, 3.63) is 92.4 Å². The summed E-state index contributed by atoms with van der Waals surface area (Å²) in [6.45, 7) is 0. The lowest BCUT2D eigenvalue weighted by Gasteiger charge is -2.38. The van der Waals surface area contributed by atoms with Gasteiger partial charge in [-0.2, -0.15) is 5.10 Å². The lowest BCUT2D eigenvalue weighted by atomic mass is 9.96. The molecule has 7 heteroatoms. The summed E-state index contributed by atoms with van der Waals surface area (Å²) in [5.74, 6) is 1.44. The molecule has 0 N–H and O–H groups in total. The van der Waals surface area contributed by atoms with Crippen molar-refractivity contribution in [1.82, 2.24) is 5.01 Å². The van der Waals surface area contributed by atoms with Crippen LogP contribution >= 0.6 is 34.8 Å². The maximum absolute atomic E-state index is 6.50. The highest BCUT2D eigenvalue weighted by molar-refractivity contribution is 6.35. The first kappa shape index (κ1) is 19.6. The summed E-state index contributed by atoms with van der Waals surface area (Å²) in [5, 5.41) is 8.61. The molecule has 0 aliphatic carbocycles. The molecule has 2 aliphatic rings. The average Bonchev–Trinajstić information content (AvgIpc) is 3.19. The van der Waals surface area contributed by atoms with E-state index < -0.39 is 6.23 Å². The number of hydrazone groups is 1. The zero-order chi connectivity index (χ0) is 20.8. The van der Waals surface area contributed by atoms with E-state index in [2.05, 4.69) is 0 Å². The van der Waals surface area contributed by atoms with Gasteiger partial charge in [-0.1, -0.05) is 46.9 Å². The molecule has 0 spiro atoms. The van der Waals surface area contributed by atoms with Gasteiger partial charge >= 0.3 is 0 Å². The van der Waals surface area contributed by atoms with Gasteiger partial charge in [0.2, 0.25) is 6.23 Å². The van der Waals surface area contributed by atoms with Crippen molar-refractivity contribution in [2.24, 2.45) is 5.10 Å². The van der Waals surface area contributed by atoms with Crippen LogP contribution in [0.25, 0.3) is 0 Å². The molecule has 0 unspecified atom stereocenters. The molecule has 0 bridgehead atoms. The van der Waals surface area contributed by atoms with Gasteiger partial charge in [0, 0.05) is 27.6 Å².